The molecule has 178 valence electrons. The molecule has 2 N–H and O–H groups in total. The van der Waals surface area contributed by atoms with E-state index in [1.165, 1.54) is 84.2 Å². The van der Waals surface area contributed by atoms with E-state index >= 15 is 0 Å². The molecule has 0 amide bonds. The van der Waals surface area contributed by atoms with E-state index in [0.717, 1.165) is 19.3 Å². The molecule has 0 radical (unpaired) electrons. The van der Waals surface area contributed by atoms with Gasteiger partial charge in [-0.15, -0.1) is 0 Å². The van der Waals surface area contributed by atoms with Gasteiger partial charge in [0.05, 0.1) is 7.11 Å². The molecule has 7 heteroatoms. The molecule has 31 heavy (non-hydrogen) atoms. The molecule has 0 aliphatic rings. The predicted octanol–water partition coefficient (Wildman–Crippen LogP) is 4.95. The Kier molecular flexibility index (Phi) is 25.6. The van der Waals surface area contributed by atoms with Crippen molar-refractivity contribution in [2.75, 3.05) is 7.11 Å². The van der Waals surface area contributed by atoms with Gasteiger partial charge in [-0.3, -0.25) is 14.4 Å². The quantitative estimate of drug-likeness (QED) is 0.122. The zero-order chi connectivity index (χ0) is 22.5. The van der Waals surface area contributed by atoms with Gasteiger partial charge < -0.3 is 15.2 Å². The fourth-order valence-corrected chi connectivity index (χ4v) is 3.41. The number of carbonyl (C=O) groups is 3. The van der Waals surface area contributed by atoms with Crippen LogP contribution in [0.1, 0.15) is 122 Å². The van der Waals surface area contributed by atoms with Crippen LogP contribution in [0.15, 0.2) is 0 Å². The predicted molar refractivity (Wildman–Crippen MR) is 127 cm³/mol. The zero-order valence-electron chi connectivity index (χ0n) is 19.4. The van der Waals surface area contributed by atoms with E-state index in [2.05, 4.69) is 11.7 Å². The summed E-state index contributed by atoms with van der Waals surface area (Å²) in [5.74, 6) is -1.71. The maximum atomic E-state index is 11.7. The Bertz CT molecular complexity index is 459. The van der Waals surface area contributed by atoms with Gasteiger partial charge in [0.15, 0.2) is 0 Å². The average Bonchev–Trinajstić information content (AvgIpc) is 2.74. The normalized spacial score (nSPS) is 11.5. The molecule has 0 rings (SSSR count). The number of unbranched alkanes of at least 4 members (excludes halogenated alkanes) is 14. The Morgan fingerprint density at radius 3 is 1.48 bits per heavy atom. The molecule has 0 unspecified atom stereocenters. The van der Waals surface area contributed by atoms with Gasteiger partial charge in [-0.25, -0.2) is 0 Å². The van der Waals surface area contributed by atoms with Gasteiger partial charge in [0, 0.05) is 12.8 Å². The molecule has 6 nitrogen and oxygen atoms in total. The number of hydrogen-bond acceptors (Lipinski definition) is 6. The first kappa shape index (κ1) is 32.7. The van der Waals surface area contributed by atoms with Crippen LogP contribution < -0.4 is 5.73 Å². The Balaban J connectivity index is 0. The van der Waals surface area contributed by atoms with Crippen molar-refractivity contribution in [1.82, 2.24) is 0 Å². The molecule has 0 aliphatic heterocycles. The van der Waals surface area contributed by atoms with E-state index in [-0.39, 0.29) is 48.8 Å². The number of methoxy groups -OCH3 is 1. The zero-order valence-corrected chi connectivity index (χ0v) is 19.4. The standard InChI is InChI=1S/C24H45NO5.Na.H/c1-3-4-5-6-7-8-9-10-11-12-13-14-15-16-17-18-22(26)30-23(27)20-19-21(25)24(28)29-2;;/h21H,3-20,25H2,1-2H3;;/t21-;;/m0../s1. The molecule has 0 aromatic heterocycles. The monoisotopic (exact) mass is 451 g/mol. The molecular formula is C24H46NNaO5. The molecule has 1 atom stereocenters. The number of carbonyl (C=O) groups excluding carboxylic acids is 3. The fraction of sp³-hybridized carbons (Fsp3) is 0.875. The van der Waals surface area contributed by atoms with Crippen molar-refractivity contribution in [2.45, 2.75) is 129 Å². The Hall–Kier alpha value is -0.430. The maximum absolute atomic E-state index is 11.7. The second-order valence-corrected chi connectivity index (χ2v) is 8.21. The van der Waals surface area contributed by atoms with E-state index in [1.807, 2.05) is 0 Å². The van der Waals surface area contributed by atoms with Gasteiger partial charge in [-0.1, -0.05) is 96.8 Å². The van der Waals surface area contributed by atoms with Gasteiger partial charge in [0.1, 0.15) is 6.04 Å². The Morgan fingerprint density at radius 2 is 1.06 bits per heavy atom. The average molecular weight is 452 g/mol. The summed E-state index contributed by atoms with van der Waals surface area (Å²) in [6, 6.07) is -0.867. The van der Waals surface area contributed by atoms with E-state index in [0.29, 0.717) is 0 Å². The third-order valence-corrected chi connectivity index (χ3v) is 5.38. The van der Waals surface area contributed by atoms with Crippen molar-refractivity contribution in [3.05, 3.63) is 0 Å². The first-order valence-electron chi connectivity index (χ1n) is 12.1. The molecule has 0 spiro atoms. The summed E-state index contributed by atoms with van der Waals surface area (Å²) in [4.78, 5) is 34.4. The van der Waals surface area contributed by atoms with Gasteiger partial charge in [0.2, 0.25) is 0 Å². The molecule has 0 fully saturated rings. The number of nitrogens with two attached hydrogens (primary N) is 1. The molecule has 0 aromatic rings. The SMILES string of the molecule is CCCCCCCCCCCCCCCCCC(=O)OC(=O)CC[C@H](N)C(=O)OC.[NaH]. The first-order chi connectivity index (χ1) is 14.5. The van der Waals surface area contributed by atoms with Gasteiger partial charge in [-0.05, 0) is 12.8 Å². The first-order valence-corrected chi connectivity index (χ1v) is 12.1. The third kappa shape index (κ3) is 22.6. The summed E-state index contributed by atoms with van der Waals surface area (Å²) in [5.41, 5.74) is 5.54. The molecule has 0 saturated carbocycles. The van der Waals surface area contributed by atoms with E-state index < -0.39 is 23.9 Å². The summed E-state index contributed by atoms with van der Waals surface area (Å²) in [6.45, 7) is 2.26. The van der Waals surface area contributed by atoms with Gasteiger partial charge >= 0.3 is 47.5 Å². The van der Waals surface area contributed by atoms with Crippen LogP contribution in [-0.4, -0.2) is 60.6 Å². The van der Waals surface area contributed by atoms with E-state index in [4.69, 9.17) is 10.5 Å². The van der Waals surface area contributed by atoms with Crippen molar-refractivity contribution in [3.63, 3.8) is 0 Å². The number of esters is 3. The summed E-state index contributed by atoms with van der Waals surface area (Å²) in [6.07, 6.45) is 19.3. The minimum atomic E-state index is -0.867. The van der Waals surface area contributed by atoms with Crippen LogP contribution in [0.2, 0.25) is 0 Å². The van der Waals surface area contributed by atoms with Gasteiger partial charge in [-0.2, -0.15) is 0 Å². The molecule has 0 aliphatic carbocycles. The van der Waals surface area contributed by atoms with Crippen LogP contribution in [0, 0.1) is 0 Å². The van der Waals surface area contributed by atoms with Crippen LogP contribution in [0.5, 0.6) is 0 Å². The van der Waals surface area contributed by atoms with Crippen molar-refractivity contribution < 1.29 is 23.9 Å². The molecule has 0 saturated heterocycles. The summed E-state index contributed by atoms with van der Waals surface area (Å²) >= 11 is 0. The Labute approximate surface area is 212 Å². The van der Waals surface area contributed by atoms with Crippen molar-refractivity contribution in [2.24, 2.45) is 5.73 Å². The molecular weight excluding hydrogens is 405 g/mol. The topological polar surface area (TPSA) is 95.7 Å². The number of ether oxygens (including phenoxy) is 2. The van der Waals surface area contributed by atoms with E-state index in [1.54, 1.807) is 0 Å². The molecule has 0 aromatic carbocycles. The summed E-state index contributed by atoms with van der Waals surface area (Å²) in [7, 11) is 1.24. The van der Waals surface area contributed by atoms with Crippen LogP contribution >= 0.6 is 0 Å². The van der Waals surface area contributed by atoms with Crippen LogP contribution in [-0.2, 0) is 23.9 Å². The number of rotatable bonds is 20. The summed E-state index contributed by atoms with van der Waals surface area (Å²) < 4.78 is 9.23. The van der Waals surface area contributed by atoms with Crippen LogP contribution in [0.4, 0.5) is 0 Å². The molecule has 0 heterocycles. The van der Waals surface area contributed by atoms with E-state index in [9.17, 15) is 14.4 Å². The summed E-state index contributed by atoms with van der Waals surface area (Å²) in [5, 5.41) is 0. The molecule has 0 bridgehead atoms. The second-order valence-electron chi connectivity index (χ2n) is 8.21. The van der Waals surface area contributed by atoms with Crippen molar-refractivity contribution >= 4 is 47.5 Å². The van der Waals surface area contributed by atoms with Crippen molar-refractivity contribution in [3.8, 4) is 0 Å². The third-order valence-electron chi connectivity index (χ3n) is 5.38. The number of hydrogen-bond donors (Lipinski definition) is 1. The minimum absolute atomic E-state index is 0. The Morgan fingerprint density at radius 1 is 0.677 bits per heavy atom. The fourth-order valence-electron chi connectivity index (χ4n) is 3.41. The van der Waals surface area contributed by atoms with Crippen molar-refractivity contribution in [1.29, 1.82) is 0 Å². The second kappa shape index (κ2) is 24.2. The van der Waals surface area contributed by atoms with Crippen LogP contribution in [0.3, 0.4) is 0 Å². The van der Waals surface area contributed by atoms with Crippen LogP contribution in [0.25, 0.3) is 0 Å². The van der Waals surface area contributed by atoms with Gasteiger partial charge in [0.25, 0.3) is 0 Å².